The van der Waals surface area contributed by atoms with Crippen molar-refractivity contribution in [1.29, 1.82) is 0 Å². The summed E-state index contributed by atoms with van der Waals surface area (Å²) in [4.78, 5) is 34.2. The summed E-state index contributed by atoms with van der Waals surface area (Å²) >= 11 is 12.1. The summed E-state index contributed by atoms with van der Waals surface area (Å²) in [5.41, 5.74) is -0.609. The number of hydrogen-bond acceptors (Lipinski definition) is 7. The molecule has 0 aliphatic carbocycles. The van der Waals surface area contributed by atoms with Crippen molar-refractivity contribution in [3.05, 3.63) is 75.3 Å². The normalized spacial score (nSPS) is 18.0. The molecule has 2 N–H and O–H groups in total. The first-order valence-corrected chi connectivity index (χ1v) is 12.9. The summed E-state index contributed by atoms with van der Waals surface area (Å²) in [6, 6.07) is 5.61. The first-order chi connectivity index (χ1) is 19.5. The third-order valence-corrected chi connectivity index (χ3v) is 6.83. The lowest BCUT2D eigenvalue weighted by atomic mass is 10.1. The highest BCUT2D eigenvalue weighted by atomic mass is 35.5. The van der Waals surface area contributed by atoms with E-state index in [1.165, 1.54) is 41.5 Å². The number of aromatic nitrogens is 7. The van der Waals surface area contributed by atoms with Gasteiger partial charge in [0.05, 0.1) is 17.6 Å². The molecule has 4 aromatic rings. The van der Waals surface area contributed by atoms with Crippen molar-refractivity contribution in [3.8, 4) is 17.2 Å². The number of amides is 1. The van der Waals surface area contributed by atoms with Crippen LogP contribution in [0.25, 0.3) is 17.2 Å². The van der Waals surface area contributed by atoms with Crippen molar-refractivity contribution < 1.29 is 22.4 Å². The Morgan fingerprint density at radius 3 is 2.56 bits per heavy atom. The Balaban J connectivity index is 1.47. The zero-order chi connectivity index (χ0) is 29.3. The van der Waals surface area contributed by atoms with Gasteiger partial charge in [-0.1, -0.05) is 23.2 Å². The van der Waals surface area contributed by atoms with Gasteiger partial charge in [0.25, 0.3) is 0 Å². The summed E-state index contributed by atoms with van der Waals surface area (Å²) in [7, 11) is 0. The molecule has 1 amide bonds. The molecule has 11 nitrogen and oxygen atoms in total. The van der Waals surface area contributed by atoms with Crippen LogP contribution in [0, 0.1) is 0 Å². The van der Waals surface area contributed by atoms with E-state index in [0.29, 0.717) is 15.6 Å². The number of nitrogens with one attached hydrogen (secondary N) is 2. The summed E-state index contributed by atoms with van der Waals surface area (Å²) in [5.74, 6) is -0.740. The van der Waals surface area contributed by atoms with E-state index in [1.807, 2.05) is 5.32 Å². The van der Waals surface area contributed by atoms with Crippen molar-refractivity contribution >= 4 is 29.1 Å². The minimum Gasteiger partial charge on any atom is -0.342 e. The number of benzene rings is 1. The monoisotopic (exact) mass is 613 g/mol. The van der Waals surface area contributed by atoms with Crippen molar-refractivity contribution in [2.24, 2.45) is 0 Å². The Labute approximate surface area is 239 Å². The van der Waals surface area contributed by atoms with Gasteiger partial charge < -0.3 is 10.6 Å². The van der Waals surface area contributed by atoms with Gasteiger partial charge in [0.2, 0.25) is 5.91 Å². The van der Waals surface area contributed by atoms with E-state index in [0.717, 1.165) is 9.25 Å². The van der Waals surface area contributed by atoms with Crippen LogP contribution in [0.5, 0.6) is 0 Å². The Bertz CT molecular complexity index is 1600. The topological polar surface area (TPSA) is 125 Å². The third-order valence-electron chi connectivity index (χ3n) is 6.28. The molecule has 1 aliphatic rings. The molecule has 3 aromatic heterocycles. The van der Waals surface area contributed by atoms with Gasteiger partial charge in [-0.2, -0.15) is 13.2 Å². The zero-order valence-electron chi connectivity index (χ0n) is 20.9. The molecule has 0 bridgehead atoms. The van der Waals surface area contributed by atoms with E-state index in [4.69, 9.17) is 23.2 Å². The molecule has 1 fully saturated rings. The van der Waals surface area contributed by atoms with Crippen molar-refractivity contribution in [1.82, 2.24) is 44.7 Å². The fourth-order valence-corrected chi connectivity index (χ4v) is 4.59. The Morgan fingerprint density at radius 2 is 1.90 bits per heavy atom. The van der Waals surface area contributed by atoms with Gasteiger partial charge in [-0.05, 0) is 36.4 Å². The molecule has 2 unspecified atom stereocenters. The SMILES string of the molecule is O=C(NC(Cn1c(-c2ccc(Cl)cc2)nn(Cc2ncn(-c3ncccc3Cl)n2)c1=O)C(F)(F)F)C1C[C@H](F)CN1. The average Bonchev–Trinajstić information content (AvgIpc) is 3.64. The van der Waals surface area contributed by atoms with Gasteiger partial charge in [0.15, 0.2) is 17.5 Å². The van der Waals surface area contributed by atoms with Crippen LogP contribution in [-0.4, -0.2) is 71.0 Å². The fraction of sp³-hybridized carbons (Fsp3) is 0.333. The third kappa shape index (κ3) is 6.41. The number of rotatable bonds is 8. The van der Waals surface area contributed by atoms with Crippen molar-refractivity contribution in [3.63, 3.8) is 0 Å². The average molecular weight is 614 g/mol. The molecule has 4 heterocycles. The predicted molar refractivity (Wildman–Crippen MR) is 139 cm³/mol. The maximum atomic E-state index is 14.1. The number of nitrogens with zero attached hydrogens (tertiary/aromatic N) is 7. The highest BCUT2D eigenvalue weighted by Crippen LogP contribution is 2.25. The van der Waals surface area contributed by atoms with E-state index in [9.17, 15) is 27.2 Å². The Kier molecular flexibility index (Phi) is 8.11. The molecule has 5 rings (SSSR count). The molecule has 1 aromatic carbocycles. The van der Waals surface area contributed by atoms with Gasteiger partial charge >= 0.3 is 11.9 Å². The van der Waals surface area contributed by atoms with E-state index in [2.05, 4.69) is 25.5 Å². The highest BCUT2D eigenvalue weighted by Gasteiger charge is 2.43. The molecule has 1 aliphatic heterocycles. The van der Waals surface area contributed by atoms with Crippen molar-refractivity contribution in [2.75, 3.05) is 6.54 Å². The van der Waals surface area contributed by atoms with Crippen LogP contribution >= 0.6 is 23.2 Å². The Hall–Kier alpha value is -3.82. The molecule has 1 saturated heterocycles. The number of hydrogen-bond donors (Lipinski definition) is 2. The summed E-state index contributed by atoms with van der Waals surface area (Å²) in [6.07, 6.45) is -3.72. The van der Waals surface area contributed by atoms with Crippen LogP contribution in [0.1, 0.15) is 12.2 Å². The summed E-state index contributed by atoms with van der Waals surface area (Å²) in [6.45, 7) is -1.43. The van der Waals surface area contributed by atoms with Crippen LogP contribution in [0.3, 0.4) is 0 Å². The first-order valence-electron chi connectivity index (χ1n) is 12.2. The van der Waals surface area contributed by atoms with E-state index < -0.39 is 42.6 Å². The van der Waals surface area contributed by atoms with Crippen LogP contribution < -0.4 is 16.3 Å². The fourth-order valence-electron chi connectivity index (χ4n) is 4.25. The van der Waals surface area contributed by atoms with E-state index in [-0.39, 0.29) is 37.0 Å². The molecular weight excluding hydrogens is 593 g/mol. The standard InChI is InChI=1S/C24H21Cl2F4N9O2/c25-14-5-3-13(4-6-14)20-36-38(11-19-33-12-39(35-19)21-16(26)2-1-7-31-21)23(41)37(20)10-18(24(28,29)30)34-22(40)17-8-15(27)9-32-17/h1-7,12,15,17-18,32H,8-11H2,(H,34,40)/t15-,17?,18?/m0/s1. The number of halogens is 6. The Morgan fingerprint density at radius 1 is 1.15 bits per heavy atom. The van der Waals surface area contributed by atoms with Gasteiger partial charge in [-0.15, -0.1) is 10.2 Å². The summed E-state index contributed by atoms with van der Waals surface area (Å²) in [5, 5.41) is 13.6. The number of carbonyl (C=O) groups excluding carboxylic acids is 1. The summed E-state index contributed by atoms with van der Waals surface area (Å²) < 4.78 is 58.8. The lowest BCUT2D eigenvalue weighted by molar-refractivity contribution is -0.164. The van der Waals surface area contributed by atoms with Crippen LogP contribution in [0.15, 0.2) is 53.7 Å². The van der Waals surface area contributed by atoms with Crippen LogP contribution in [-0.2, 0) is 17.9 Å². The van der Waals surface area contributed by atoms with E-state index in [1.54, 1.807) is 12.1 Å². The second-order valence-corrected chi connectivity index (χ2v) is 10.0. The maximum absolute atomic E-state index is 14.1. The van der Waals surface area contributed by atoms with Crippen molar-refractivity contribution in [2.45, 2.75) is 43.9 Å². The smallest absolute Gasteiger partial charge is 0.342 e. The van der Waals surface area contributed by atoms with Gasteiger partial charge in [0.1, 0.15) is 25.1 Å². The molecule has 0 saturated carbocycles. The zero-order valence-corrected chi connectivity index (χ0v) is 22.4. The molecule has 3 atom stereocenters. The predicted octanol–water partition coefficient (Wildman–Crippen LogP) is 2.79. The highest BCUT2D eigenvalue weighted by molar-refractivity contribution is 6.32. The van der Waals surface area contributed by atoms with Gasteiger partial charge in [0, 0.05) is 29.7 Å². The minimum atomic E-state index is -4.94. The second kappa shape index (κ2) is 11.6. The molecule has 216 valence electrons. The number of carbonyl (C=O) groups is 1. The molecule has 0 spiro atoms. The number of pyridine rings is 1. The van der Waals surface area contributed by atoms with Crippen LogP contribution in [0.4, 0.5) is 17.6 Å². The second-order valence-electron chi connectivity index (χ2n) is 9.19. The molecule has 41 heavy (non-hydrogen) atoms. The lowest BCUT2D eigenvalue weighted by Crippen LogP contribution is -2.53. The van der Waals surface area contributed by atoms with E-state index >= 15 is 0 Å². The van der Waals surface area contributed by atoms with Gasteiger partial charge in [-0.25, -0.2) is 28.5 Å². The maximum Gasteiger partial charge on any atom is 0.410 e. The molecule has 0 radical (unpaired) electrons. The molecular formula is C24H21Cl2F4N9O2. The van der Waals surface area contributed by atoms with Gasteiger partial charge in [-0.3, -0.25) is 9.36 Å². The lowest BCUT2D eigenvalue weighted by Gasteiger charge is -2.24. The first kappa shape index (κ1) is 28.7. The number of alkyl halides is 4. The minimum absolute atomic E-state index is 0.106. The quantitative estimate of drug-likeness (QED) is 0.293. The van der Waals surface area contributed by atoms with Crippen LogP contribution in [0.2, 0.25) is 10.0 Å². The largest absolute Gasteiger partial charge is 0.410 e. The molecule has 17 heteroatoms.